The van der Waals surface area contributed by atoms with Crippen LogP contribution in [0.1, 0.15) is 16.8 Å². The van der Waals surface area contributed by atoms with Crippen molar-refractivity contribution in [1.82, 2.24) is 14.7 Å². The number of aromatic hydroxyl groups is 1. The van der Waals surface area contributed by atoms with Crippen LogP contribution in [0.2, 0.25) is 0 Å². The van der Waals surface area contributed by atoms with E-state index in [1.807, 2.05) is 40.9 Å². The first-order chi connectivity index (χ1) is 13.1. The van der Waals surface area contributed by atoms with Crippen LogP contribution in [-0.2, 0) is 31.1 Å². The van der Waals surface area contributed by atoms with Gasteiger partial charge in [0.05, 0.1) is 12.1 Å². The number of amides is 1. The number of nitrogens with zero attached hydrogens (tertiary/aromatic N) is 3. The molecule has 0 saturated heterocycles. The average molecular weight is 361 g/mol. The quantitative estimate of drug-likeness (QED) is 0.780. The van der Waals surface area contributed by atoms with Gasteiger partial charge in [0.15, 0.2) is 0 Å². The second-order valence-corrected chi connectivity index (χ2v) is 6.99. The lowest BCUT2D eigenvalue weighted by molar-refractivity contribution is -0.130. The molecule has 0 saturated carbocycles. The van der Waals surface area contributed by atoms with Gasteiger partial charge in [0, 0.05) is 43.4 Å². The third-order valence-electron chi connectivity index (χ3n) is 5.19. The summed E-state index contributed by atoms with van der Waals surface area (Å²) in [4.78, 5) is 14.7. The van der Waals surface area contributed by atoms with Crippen LogP contribution in [0.15, 0.2) is 54.6 Å². The summed E-state index contributed by atoms with van der Waals surface area (Å²) >= 11 is 0. The van der Waals surface area contributed by atoms with E-state index in [4.69, 9.17) is 5.10 Å². The number of aryl methyl sites for hydroxylation is 1. The first-order valence-electron chi connectivity index (χ1n) is 9.27. The molecule has 0 spiro atoms. The Hall–Kier alpha value is -3.08. The Labute approximate surface area is 158 Å². The zero-order valence-corrected chi connectivity index (χ0v) is 15.4. The molecular formula is C22H23N3O2. The Bertz CT molecular complexity index is 963. The van der Waals surface area contributed by atoms with Crippen molar-refractivity contribution in [1.29, 1.82) is 0 Å². The highest BCUT2D eigenvalue weighted by molar-refractivity contribution is 5.79. The first-order valence-corrected chi connectivity index (χ1v) is 9.27. The average Bonchev–Trinajstić information content (AvgIpc) is 2.84. The maximum absolute atomic E-state index is 12.8. The molecule has 5 nitrogen and oxygen atoms in total. The summed E-state index contributed by atoms with van der Waals surface area (Å²) in [5, 5.41) is 14.3. The van der Waals surface area contributed by atoms with Crippen molar-refractivity contribution >= 4 is 5.91 Å². The smallest absolute Gasteiger partial charge is 0.227 e. The molecule has 0 bridgehead atoms. The van der Waals surface area contributed by atoms with Crippen molar-refractivity contribution in [2.75, 3.05) is 13.1 Å². The summed E-state index contributed by atoms with van der Waals surface area (Å²) in [6.07, 6.45) is 1.92. The van der Waals surface area contributed by atoms with E-state index in [0.29, 0.717) is 19.5 Å². The van der Waals surface area contributed by atoms with Crippen molar-refractivity contribution in [2.24, 2.45) is 7.05 Å². The van der Waals surface area contributed by atoms with Gasteiger partial charge in [-0.3, -0.25) is 9.48 Å². The van der Waals surface area contributed by atoms with E-state index in [1.165, 1.54) is 11.3 Å². The number of carbonyl (C=O) groups is 1. The second kappa shape index (κ2) is 7.27. The predicted molar refractivity (Wildman–Crippen MR) is 104 cm³/mol. The van der Waals surface area contributed by atoms with Gasteiger partial charge in [-0.2, -0.15) is 5.10 Å². The highest BCUT2D eigenvalue weighted by atomic mass is 16.3. The third kappa shape index (κ3) is 3.58. The molecule has 3 aromatic rings. The van der Waals surface area contributed by atoms with Crippen LogP contribution >= 0.6 is 0 Å². The van der Waals surface area contributed by atoms with E-state index < -0.39 is 0 Å². The Balaban J connectivity index is 1.52. The van der Waals surface area contributed by atoms with Crippen LogP contribution in [0.5, 0.6) is 5.75 Å². The molecule has 1 aliphatic rings. The van der Waals surface area contributed by atoms with Gasteiger partial charge in [0.25, 0.3) is 0 Å². The minimum atomic E-state index is 0.0997. The Kier molecular flexibility index (Phi) is 4.67. The zero-order valence-electron chi connectivity index (χ0n) is 15.4. The molecule has 4 rings (SSSR count). The number of phenols is 1. The van der Waals surface area contributed by atoms with Gasteiger partial charge < -0.3 is 10.0 Å². The Morgan fingerprint density at radius 2 is 1.85 bits per heavy atom. The minimum Gasteiger partial charge on any atom is -0.508 e. The lowest BCUT2D eigenvalue weighted by Crippen LogP contribution is -2.34. The molecule has 0 atom stereocenters. The van der Waals surface area contributed by atoms with Crippen LogP contribution in [0.25, 0.3) is 11.3 Å². The summed E-state index contributed by atoms with van der Waals surface area (Å²) in [7, 11) is 1.98. The summed E-state index contributed by atoms with van der Waals surface area (Å²) in [6.45, 7) is 1.38. The highest BCUT2D eigenvalue weighted by Crippen LogP contribution is 2.28. The van der Waals surface area contributed by atoms with E-state index in [-0.39, 0.29) is 11.7 Å². The topological polar surface area (TPSA) is 58.4 Å². The summed E-state index contributed by atoms with van der Waals surface area (Å²) in [6, 6.07) is 17.1. The van der Waals surface area contributed by atoms with Crippen LogP contribution in [-0.4, -0.2) is 38.8 Å². The normalized spacial score (nSPS) is 13.9. The summed E-state index contributed by atoms with van der Waals surface area (Å²) in [5.41, 5.74) is 5.44. The Morgan fingerprint density at radius 1 is 1.07 bits per heavy atom. The lowest BCUT2D eigenvalue weighted by Gasteiger charge is -2.20. The molecule has 27 heavy (non-hydrogen) atoms. The molecule has 0 aliphatic carbocycles. The highest BCUT2D eigenvalue weighted by Gasteiger charge is 2.24. The van der Waals surface area contributed by atoms with Gasteiger partial charge in [-0.05, 0) is 24.1 Å². The van der Waals surface area contributed by atoms with E-state index in [0.717, 1.165) is 29.7 Å². The number of aromatic nitrogens is 2. The van der Waals surface area contributed by atoms with Crippen LogP contribution in [0, 0.1) is 0 Å². The van der Waals surface area contributed by atoms with E-state index in [1.54, 1.807) is 18.2 Å². The van der Waals surface area contributed by atoms with Gasteiger partial charge >= 0.3 is 0 Å². The minimum absolute atomic E-state index is 0.0997. The number of hydrogen-bond donors (Lipinski definition) is 1. The summed E-state index contributed by atoms with van der Waals surface area (Å²) in [5.74, 6) is 0.296. The fourth-order valence-corrected chi connectivity index (χ4v) is 3.81. The van der Waals surface area contributed by atoms with Crippen molar-refractivity contribution in [2.45, 2.75) is 19.3 Å². The molecule has 0 fully saturated rings. The van der Waals surface area contributed by atoms with Gasteiger partial charge in [0.1, 0.15) is 5.75 Å². The van der Waals surface area contributed by atoms with Crippen LogP contribution in [0.3, 0.4) is 0 Å². The maximum Gasteiger partial charge on any atom is 0.227 e. The van der Waals surface area contributed by atoms with Gasteiger partial charge in [-0.1, -0.05) is 42.5 Å². The molecule has 1 amide bonds. The predicted octanol–water partition coefficient (Wildman–Crippen LogP) is 2.96. The number of benzene rings is 2. The molecule has 2 heterocycles. The fraction of sp³-hybridized carbons (Fsp3) is 0.273. The molecule has 1 N–H and O–H groups in total. The number of phenolic OH excluding ortho intramolecular Hbond substituents is 1. The molecule has 1 aliphatic heterocycles. The monoisotopic (exact) mass is 361 g/mol. The number of rotatable bonds is 3. The lowest BCUT2D eigenvalue weighted by atomic mass is 10.0. The standard InChI is InChI=1S/C22H23N3O2/c1-24-20-11-13-25(21(27)15-16-6-5-9-18(26)14-16)12-10-19(20)22(23-24)17-7-3-2-4-8-17/h2-9,14,26H,10-13,15H2,1H3. The van der Waals surface area contributed by atoms with Crippen LogP contribution in [0.4, 0.5) is 0 Å². The second-order valence-electron chi connectivity index (χ2n) is 6.99. The van der Waals surface area contributed by atoms with Crippen LogP contribution < -0.4 is 0 Å². The SMILES string of the molecule is Cn1nc(-c2ccccc2)c2c1CCN(C(=O)Cc1cccc(O)c1)CC2. The molecule has 5 heteroatoms. The van der Waals surface area contributed by atoms with Crippen molar-refractivity contribution in [3.8, 4) is 17.0 Å². The van der Waals surface area contributed by atoms with Crippen molar-refractivity contribution < 1.29 is 9.90 Å². The third-order valence-corrected chi connectivity index (χ3v) is 5.19. The van der Waals surface area contributed by atoms with E-state index in [9.17, 15) is 9.90 Å². The molecular weight excluding hydrogens is 338 g/mol. The fourth-order valence-electron chi connectivity index (χ4n) is 3.81. The summed E-state index contributed by atoms with van der Waals surface area (Å²) < 4.78 is 1.96. The molecule has 0 unspecified atom stereocenters. The largest absolute Gasteiger partial charge is 0.508 e. The van der Waals surface area contributed by atoms with Gasteiger partial charge in [0.2, 0.25) is 5.91 Å². The zero-order chi connectivity index (χ0) is 18.8. The number of carbonyl (C=O) groups excluding carboxylic acids is 1. The first kappa shape index (κ1) is 17.3. The van der Waals surface area contributed by atoms with Crippen molar-refractivity contribution in [3.63, 3.8) is 0 Å². The van der Waals surface area contributed by atoms with Gasteiger partial charge in [-0.25, -0.2) is 0 Å². The molecule has 0 radical (unpaired) electrons. The Morgan fingerprint density at radius 3 is 2.63 bits per heavy atom. The van der Waals surface area contributed by atoms with E-state index in [2.05, 4.69) is 12.1 Å². The van der Waals surface area contributed by atoms with Gasteiger partial charge in [-0.15, -0.1) is 0 Å². The van der Waals surface area contributed by atoms with E-state index >= 15 is 0 Å². The maximum atomic E-state index is 12.8. The molecule has 2 aromatic carbocycles. The molecule has 1 aromatic heterocycles. The van der Waals surface area contributed by atoms with Crippen molar-refractivity contribution in [3.05, 3.63) is 71.4 Å². The number of fused-ring (bicyclic) bond motifs is 1. The number of hydrogen-bond acceptors (Lipinski definition) is 3. The molecule has 138 valence electrons.